The average molecular weight is 220 g/mol. The second-order valence-electron chi connectivity index (χ2n) is 4.19. The fourth-order valence-corrected chi connectivity index (χ4v) is 1.64. The number of nitrogens with two attached hydrogens (primary N) is 1. The molecule has 5 heteroatoms. The minimum Gasteiger partial charge on any atom is -0.394 e. The summed E-state index contributed by atoms with van der Waals surface area (Å²) in [5.41, 5.74) is 7.47. The van der Waals surface area contributed by atoms with Crippen LogP contribution in [-0.2, 0) is 0 Å². The summed E-state index contributed by atoms with van der Waals surface area (Å²) in [6.07, 6.45) is 1.89. The van der Waals surface area contributed by atoms with E-state index in [0.717, 1.165) is 17.0 Å². The Labute approximate surface area is 93.9 Å². The lowest BCUT2D eigenvalue weighted by atomic mass is 10.1. The van der Waals surface area contributed by atoms with Crippen molar-refractivity contribution in [2.75, 3.05) is 6.61 Å². The lowest BCUT2D eigenvalue weighted by molar-refractivity contribution is 0.267. The topological polar surface area (TPSA) is 76.4 Å². The van der Waals surface area contributed by atoms with E-state index in [1.165, 1.54) is 0 Å². The molecule has 0 bridgehead atoms. The third-order valence-corrected chi connectivity index (χ3v) is 2.59. The number of hydrogen-bond donors (Lipinski definition) is 2. The standard InChI is InChI=1S/C11H16N4O/c1-7(2)11-14-13-10-4-3-8(5-15(10)11)9(12)6-16/h3-5,7,9,16H,6,12H2,1-2H3. The van der Waals surface area contributed by atoms with Crippen molar-refractivity contribution in [1.82, 2.24) is 14.6 Å². The van der Waals surface area contributed by atoms with Crippen LogP contribution in [0.4, 0.5) is 0 Å². The fourth-order valence-electron chi connectivity index (χ4n) is 1.64. The first-order valence-electron chi connectivity index (χ1n) is 5.34. The summed E-state index contributed by atoms with van der Waals surface area (Å²) in [6, 6.07) is 3.38. The summed E-state index contributed by atoms with van der Waals surface area (Å²) < 4.78 is 1.93. The zero-order valence-electron chi connectivity index (χ0n) is 9.46. The maximum atomic E-state index is 9.02. The van der Waals surface area contributed by atoms with Gasteiger partial charge in [0.15, 0.2) is 5.65 Å². The molecule has 0 saturated heterocycles. The predicted octanol–water partition coefficient (Wildman–Crippen LogP) is 0.845. The molecule has 0 amide bonds. The molecule has 1 unspecified atom stereocenters. The van der Waals surface area contributed by atoms with E-state index in [9.17, 15) is 0 Å². The zero-order valence-corrected chi connectivity index (χ0v) is 9.46. The highest BCUT2D eigenvalue weighted by Crippen LogP contribution is 2.16. The summed E-state index contributed by atoms with van der Waals surface area (Å²) in [5, 5.41) is 17.2. The van der Waals surface area contributed by atoms with Crippen LogP contribution in [0.1, 0.15) is 37.2 Å². The van der Waals surface area contributed by atoms with Crippen LogP contribution in [0.15, 0.2) is 18.3 Å². The van der Waals surface area contributed by atoms with Crippen LogP contribution in [0.5, 0.6) is 0 Å². The van der Waals surface area contributed by atoms with E-state index in [-0.39, 0.29) is 12.6 Å². The number of aliphatic hydroxyl groups is 1. The van der Waals surface area contributed by atoms with E-state index < -0.39 is 0 Å². The molecule has 0 fully saturated rings. The van der Waals surface area contributed by atoms with Crippen LogP contribution < -0.4 is 5.73 Å². The SMILES string of the molecule is CC(C)c1nnc2ccc(C(N)CO)cn12. The van der Waals surface area contributed by atoms with Gasteiger partial charge in [0.2, 0.25) is 0 Å². The molecule has 5 nitrogen and oxygen atoms in total. The van der Waals surface area contributed by atoms with Crippen molar-refractivity contribution in [3.63, 3.8) is 0 Å². The third kappa shape index (κ3) is 1.79. The second kappa shape index (κ2) is 4.19. The maximum Gasteiger partial charge on any atom is 0.160 e. The molecule has 16 heavy (non-hydrogen) atoms. The summed E-state index contributed by atoms with van der Waals surface area (Å²) >= 11 is 0. The number of rotatable bonds is 3. The van der Waals surface area contributed by atoms with Crippen molar-refractivity contribution in [2.24, 2.45) is 5.73 Å². The molecule has 3 N–H and O–H groups in total. The molecule has 86 valence electrons. The molecule has 0 aliphatic heterocycles. The van der Waals surface area contributed by atoms with Crippen LogP contribution in [0.2, 0.25) is 0 Å². The molecule has 0 aliphatic carbocycles. The number of aliphatic hydroxyl groups excluding tert-OH is 1. The van der Waals surface area contributed by atoms with Gasteiger partial charge in [0.1, 0.15) is 5.82 Å². The molecule has 2 rings (SSSR count). The van der Waals surface area contributed by atoms with Crippen molar-refractivity contribution >= 4 is 5.65 Å². The Morgan fingerprint density at radius 2 is 2.12 bits per heavy atom. The highest BCUT2D eigenvalue weighted by atomic mass is 16.3. The zero-order chi connectivity index (χ0) is 11.7. The van der Waals surface area contributed by atoms with E-state index in [2.05, 4.69) is 24.0 Å². The Hall–Kier alpha value is -1.46. The number of hydrogen-bond acceptors (Lipinski definition) is 4. The predicted molar refractivity (Wildman–Crippen MR) is 61.1 cm³/mol. The van der Waals surface area contributed by atoms with Crippen molar-refractivity contribution in [2.45, 2.75) is 25.8 Å². The molecule has 2 aromatic heterocycles. The largest absolute Gasteiger partial charge is 0.394 e. The molecule has 0 aromatic carbocycles. The molecule has 0 aliphatic rings. The number of aromatic nitrogens is 3. The lowest BCUT2D eigenvalue weighted by Crippen LogP contribution is -2.15. The monoisotopic (exact) mass is 220 g/mol. The van der Waals surface area contributed by atoms with Crippen LogP contribution in [-0.4, -0.2) is 26.3 Å². The molecular formula is C11H16N4O. The summed E-state index contributed by atoms with van der Waals surface area (Å²) in [4.78, 5) is 0. The molecule has 0 spiro atoms. The highest BCUT2D eigenvalue weighted by Gasteiger charge is 2.11. The van der Waals surface area contributed by atoms with Crippen LogP contribution in [0, 0.1) is 0 Å². The van der Waals surface area contributed by atoms with Gasteiger partial charge >= 0.3 is 0 Å². The summed E-state index contributed by atoms with van der Waals surface area (Å²) in [5.74, 6) is 1.21. The Morgan fingerprint density at radius 3 is 2.75 bits per heavy atom. The van der Waals surface area contributed by atoms with Crippen LogP contribution in [0.3, 0.4) is 0 Å². The van der Waals surface area contributed by atoms with Crippen molar-refractivity contribution in [3.05, 3.63) is 29.7 Å². The highest BCUT2D eigenvalue weighted by molar-refractivity contribution is 5.40. The second-order valence-corrected chi connectivity index (χ2v) is 4.19. The molecule has 1 atom stereocenters. The van der Waals surface area contributed by atoms with Gasteiger partial charge in [-0.25, -0.2) is 0 Å². The molecular weight excluding hydrogens is 204 g/mol. The first kappa shape index (κ1) is 11.0. The number of nitrogens with zero attached hydrogens (tertiary/aromatic N) is 3. The molecule has 2 heterocycles. The smallest absolute Gasteiger partial charge is 0.160 e. The van der Waals surface area contributed by atoms with Gasteiger partial charge in [-0.15, -0.1) is 10.2 Å². The Morgan fingerprint density at radius 1 is 1.38 bits per heavy atom. The number of fused-ring (bicyclic) bond motifs is 1. The molecule has 0 radical (unpaired) electrons. The Balaban J connectivity index is 2.54. The first-order chi connectivity index (χ1) is 7.63. The minimum absolute atomic E-state index is 0.0648. The summed E-state index contributed by atoms with van der Waals surface area (Å²) in [7, 11) is 0. The summed E-state index contributed by atoms with van der Waals surface area (Å²) in [6.45, 7) is 4.06. The van der Waals surface area contributed by atoms with Crippen molar-refractivity contribution in [3.8, 4) is 0 Å². The van der Waals surface area contributed by atoms with Crippen LogP contribution in [0.25, 0.3) is 5.65 Å². The quantitative estimate of drug-likeness (QED) is 0.803. The van der Waals surface area contributed by atoms with Gasteiger partial charge < -0.3 is 10.8 Å². The van der Waals surface area contributed by atoms with Gasteiger partial charge in [-0.2, -0.15) is 0 Å². The van der Waals surface area contributed by atoms with E-state index >= 15 is 0 Å². The Bertz CT molecular complexity index is 492. The van der Waals surface area contributed by atoms with Crippen molar-refractivity contribution in [1.29, 1.82) is 0 Å². The van der Waals surface area contributed by atoms with E-state index in [1.54, 1.807) is 0 Å². The van der Waals surface area contributed by atoms with E-state index in [4.69, 9.17) is 10.8 Å². The molecule has 0 saturated carbocycles. The maximum absolute atomic E-state index is 9.02. The van der Waals surface area contributed by atoms with E-state index in [1.807, 2.05) is 22.7 Å². The van der Waals surface area contributed by atoms with Gasteiger partial charge in [0, 0.05) is 12.1 Å². The lowest BCUT2D eigenvalue weighted by Gasteiger charge is -2.10. The molecule has 2 aromatic rings. The van der Waals surface area contributed by atoms with Gasteiger partial charge in [-0.3, -0.25) is 4.40 Å². The van der Waals surface area contributed by atoms with Crippen LogP contribution >= 0.6 is 0 Å². The van der Waals surface area contributed by atoms with Gasteiger partial charge in [-0.1, -0.05) is 19.9 Å². The van der Waals surface area contributed by atoms with Crippen molar-refractivity contribution < 1.29 is 5.11 Å². The van der Waals surface area contributed by atoms with E-state index in [0.29, 0.717) is 5.92 Å². The Kier molecular flexibility index (Phi) is 2.89. The normalized spacial score (nSPS) is 13.6. The minimum atomic E-state index is -0.355. The third-order valence-electron chi connectivity index (χ3n) is 2.59. The average Bonchev–Trinajstić information content (AvgIpc) is 2.70. The number of pyridine rings is 1. The van der Waals surface area contributed by atoms with Gasteiger partial charge in [0.25, 0.3) is 0 Å². The first-order valence-corrected chi connectivity index (χ1v) is 5.34. The van der Waals surface area contributed by atoms with Gasteiger partial charge in [-0.05, 0) is 11.6 Å². The fraction of sp³-hybridized carbons (Fsp3) is 0.455. The van der Waals surface area contributed by atoms with Gasteiger partial charge in [0.05, 0.1) is 12.6 Å².